The van der Waals surface area contributed by atoms with Gasteiger partial charge in [0.05, 0.1) is 5.52 Å². The van der Waals surface area contributed by atoms with Crippen molar-refractivity contribution in [2.45, 2.75) is 19.3 Å². The van der Waals surface area contributed by atoms with Crippen LogP contribution in [0.3, 0.4) is 0 Å². The highest BCUT2D eigenvalue weighted by atomic mass is 15.0. The number of H-pyrrole nitrogens is 1. The number of hydrogen-bond donors (Lipinski definition) is 1. The first-order valence-corrected chi connectivity index (χ1v) is 8.81. The van der Waals surface area contributed by atoms with Crippen LogP contribution >= 0.6 is 0 Å². The number of rotatable bonds is 0. The monoisotopic (exact) mass is 322 g/mol. The minimum atomic E-state index is 0.0219. The molecular weight excluding hydrogens is 304 g/mol. The molecule has 2 aromatic heterocycles. The van der Waals surface area contributed by atoms with Crippen LogP contribution in [0.1, 0.15) is 25.1 Å². The molecule has 25 heavy (non-hydrogen) atoms. The molecule has 0 fully saturated rings. The van der Waals surface area contributed by atoms with Gasteiger partial charge in [-0.3, -0.25) is 0 Å². The van der Waals surface area contributed by atoms with Crippen LogP contribution in [-0.2, 0) is 5.41 Å². The van der Waals surface area contributed by atoms with Gasteiger partial charge in [0.15, 0.2) is 0 Å². The number of nitrogens with one attached hydrogen (secondary N) is 1. The zero-order valence-corrected chi connectivity index (χ0v) is 14.3. The predicted octanol–water partition coefficient (Wildman–Crippen LogP) is 5.90. The Morgan fingerprint density at radius 1 is 0.800 bits per heavy atom. The van der Waals surface area contributed by atoms with Crippen molar-refractivity contribution in [1.82, 2.24) is 9.55 Å². The Balaban J connectivity index is 1.85. The normalized spacial score (nSPS) is 15.1. The van der Waals surface area contributed by atoms with E-state index in [0.717, 1.165) is 0 Å². The smallest absolute Gasteiger partial charge is 0.0539 e. The van der Waals surface area contributed by atoms with E-state index in [1.807, 2.05) is 0 Å². The third-order valence-corrected chi connectivity index (χ3v) is 5.91. The van der Waals surface area contributed by atoms with Crippen LogP contribution in [0.15, 0.2) is 66.7 Å². The molecule has 0 unspecified atom stereocenters. The fourth-order valence-corrected chi connectivity index (χ4v) is 4.68. The van der Waals surface area contributed by atoms with Crippen LogP contribution in [0, 0.1) is 0 Å². The first-order chi connectivity index (χ1) is 12.2. The molecule has 5 aromatic rings. The summed E-state index contributed by atoms with van der Waals surface area (Å²) < 4.78 is 2.45. The fraction of sp³-hybridized carbons (Fsp3) is 0.130. The molecule has 1 aliphatic rings. The van der Waals surface area contributed by atoms with E-state index in [4.69, 9.17) is 0 Å². The van der Waals surface area contributed by atoms with Gasteiger partial charge in [-0.2, -0.15) is 0 Å². The maximum atomic E-state index is 3.57. The minimum absolute atomic E-state index is 0.0219. The van der Waals surface area contributed by atoms with Crippen molar-refractivity contribution in [1.29, 1.82) is 0 Å². The largest absolute Gasteiger partial charge is 0.354 e. The highest BCUT2D eigenvalue weighted by molar-refractivity contribution is 6.20. The van der Waals surface area contributed by atoms with Crippen LogP contribution < -0.4 is 0 Å². The summed E-state index contributed by atoms with van der Waals surface area (Å²) in [5, 5.41) is 3.98. The van der Waals surface area contributed by atoms with Crippen molar-refractivity contribution in [3.63, 3.8) is 0 Å². The molecule has 0 aliphatic carbocycles. The van der Waals surface area contributed by atoms with Crippen LogP contribution in [0.5, 0.6) is 0 Å². The average Bonchev–Trinajstić information content (AvgIpc) is 3.25. The Kier molecular flexibility index (Phi) is 2.21. The summed E-state index contributed by atoms with van der Waals surface area (Å²) in [5.41, 5.74) is 7.84. The number of aromatic amines is 1. The Morgan fingerprint density at radius 3 is 2.52 bits per heavy atom. The number of benzene rings is 3. The zero-order valence-electron chi connectivity index (χ0n) is 14.3. The minimum Gasteiger partial charge on any atom is -0.354 e. The third kappa shape index (κ3) is 1.46. The van der Waals surface area contributed by atoms with E-state index in [1.165, 1.54) is 49.7 Å². The van der Waals surface area contributed by atoms with Crippen LogP contribution in [0.4, 0.5) is 0 Å². The lowest BCUT2D eigenvalue weighted by Gasteiger charge is -2.18. The second-order valence-corrected chi connectivity index (χ2v) is 7.60. The molecule has 1 aliphatic heterocycles. The highest BCUT2D eigenvalue weighted by Gasteiger charge is 2.37. The Hall–Kier alpha value is -3.00. The lowest BCUT2D eigenvalue weighted by molar-refractivity contribution is 0.645. The van der Waals surface area contributed by atoms with Crippen molar-refractivity contribution in [3.8, 4) is 5.69 Å². The first kappa shape index (κ1) is 13.3. The molecule has 120 valence electrons. The summed E-state index contributed by atoms with van der Waals surface area (Å²) in [6.45, 7) is 4.66. The van der Waals surface area contributed by atoms with Crippen molar-refractivity contribution in [3.05, 3.63) is 78.0 Å². The van der Waals surface area contributed by atoms with Gasteiger partial charge in [-0.15, -0.1) is 0 Å². The van der Waals surface area contributed by atoms with E-state index in [0.29, 0.717) is 0 Å². The van der Waals surface area contributed by atoms with Crippen molar-refractivity contribution in [2.75, 3.05) is 0 Å². The summed E-state index contributed by atoms with van der Waals surface area (Å²) in [5.74, 6) is 0. The maximum absolute atomic E-state index is 3.57. The highest BCUT2D eigenvalue weighted by Crippen LogP contribution is 2.47. The van der Waals surface area contributed by atoms with E-state index in [1.54, 1.807) is 0 Å². The number of aromatic nitrogens is 2. The number of hydrogen-bond acceptors (Lipinski definition) is 0. The summed E-state index contributed by atoms with van der Waals surface area (Å²) in [6, 6.07) is 24.3. The number of para-hydroxylation sites is 2. The molecule has 1 N–H and O–H groups in total. The van der Waals surface area contributed by atoms with E-state index in [-0.39, 0.29) is 5.41 Å². The van der Waals surface area contributed by atoms with Crippen LogP contribution in [-0.4, -0.2) is 9.55 Å². The SMILES string of the molecule is CC1(C)c2ccccc2-n2c1cc1c3c(ccc12)[nH]c1ccccc13. The molecule has 2 nitrogen and oxygen atoms in total. The summed E-state index contributed by atoms with van der Waals surface area (Å²) in [7, 11) is 0. The van der Waals surface area contributed by atoms with E-state index >= 15 is 0 Å². The molecule has 0 saturated carbocycles. The van der Waals surface area contributed by atoms with Gasteiger partial charge >= 0.3 is 0 Å². The number of nitrogens with zero attached hydrogens (tertiary/aromatic N) is 1. The van der Waals surface area contributed by atoms with E-state index in [9.17, 15) is 0 Å². The number of fused-ring (bicyclic) bond motifs is 9. The summed E-state index contributed by atoms with van der Waals surface area (Å²) in [4.78, 5) is 3.57. The van der Waals surface area contributed by atoms with Gasteiger partial charge in [0.25, 0.3) is 0 Å². The molecular formula is C23H18N2. The standard InChI is InChI=1S/C23H18N2/c1-23(2)16-8-4-6-10-20(16)25-19-12-11-18-22(15(19)13-21(23)25)14-7-3-5-9-17(14)24-18/h3-13,24H,1-2H3. The molecule has 3 heterocycles. The third-order valence-electron chi connectivity index (χ3n) is 5.91. The average molecular weight is 322 g/mol. The van der Waals surface area contributed by atoms with Crippen molar-refractivity contribution in [2.24, 2.45) is 0 Å². The van der Waals surface area contributed by atoms with Crippen LogP contribution in [0.2, 0.25) is 0 Å². The van der Waals surface area contributed by atoms with Gasteiger partial charge in [0.2, 0.25) is 0 Å². The molecule has 3 aromatic carbocycles. The topological polar surface area (TPSA) is 20.7 Å². The van der Waals surface area contributed by atoms with Gasteiger partial charge in [-0.25, -0.2) is 0 Å². The molecule has 2 heteroatoms. The fourth-order valence-electron chi connectivity index (χ4n) is 4.68. The second-order valence-electron chi connectivity index (χ2n) is 7.60. The molecule has 0 radical (unpaired) electrons. The lowest BCUT2D eigenvalue weighted by atomic mass is 9.83. The van der Waals surface area contributed by atoms with E-state index in [2.05, 4.69) is 90.1 Å². The summed E-state index contributed by atoms with van der Waals surface area (Å²) in [6.07, 6.45) is 0. The molecule has 0 amide bonds. The molecule has 0 spiro atoms. The van der Waals surface area contributed by atoms with Crippen LogP contribution in [0.25, 0.3) is 38.4 Å². The van der Waals surface area contributed by atoms with Gasteiger partial charge in [0, 0.05) is 44.0 Å². The van der Waals surface area contributed by atoms with Gasteiger partial charge in [-0.05, 0) is 35.9 Å². The van der Waals surface area contributed by atoms with Gasteiger partial charge in [0.1, 0.15) is 0 Å². The molecule has 0 bridgehead atoms. The Labute approximate surface area is 145 Å². The maximum Gasteiger partial charge on any atom is 0.0539 e. The quantitative estimate of drug-likeness (QED) is 0.366. The molecule has 0 atom stereocenters. The molecule has 0 saturated heterocycles. The predicted molar refractivity (Wildman–Crippen MR) is 105 cm³/mol. The van der Waals surface area contributed by atoms with Gasteiger partial charge in [-0.1, -0.05) is 50.2 Å². The Bertz CT molecular complexity index is 1310. The Morgan fingerprint density at radius 2 is 1.60 bits per heavy atom. The van der Waals surface area contributed by atoms with Gasteiger partial charge < -0.3 is 9.55 Å². The second kappa shape index (κ2) is 4.15. The van der Waals surface area contributed by atoms with Crippen molar-refractivity contribution >= 4 is 32.7 Å². The summed E-state index contributed by atoms with van der Waals surface area (Å²) >= 11 is 0. The van der Waals surface area contributed by atoms with Crippen molar-refractivity contribution < 1.29 is 0 Å². The lowest BCUT2D eigenvalue weighted by Crippen LogP contribution is -2.14. The van der Waals surface area contributed by atoms with E-state index < -0.39 is 0 Å². The molecule has 6 rings (SSSR count). The zero-order chi connectivity index (χ0) is 16.8. The first-order valence-electron chi connectivity index (χ1n) is 8.81.